The Balaban J connectivity index is 1.74. The number of likely N-dealkylation sites (N-methyl/N-ethyl adjacent to an activating group) is 1. The number of hydrogen-bond acceptors (Lipinski definition) is 4. The summed E-state index contributed by atoms with van der Waals surface area (Å²) in [6.07, 6.45) is 3.29. The van der Waals surface area contributed by atoms with Crippen LogP contribution in [-0.4, -0.2) is 53.0 Å². The molecule has 7 nitrogen and oxygen atoms in total. The molecule has 1 fully saturated rings. The van der Waals surface area contributed by atoms with Gasteiger partial charge in [-0.25, -0.2) is 4.98 Å². The Morgan fingerprint density at radius 1 is 1.44 bits per heavy atom. The molecule has 1 aliphatic rings. The van der Waals surface area contributed by atoms with Crippen LogP contribution in [-0.2, 0) is 20.7 Å². The van der Waals surface area contributed by atoms with Gasteiger partial charge in [-0.3, -0.25) is 9.59 Å². The van der Waals surface area contributed by atoms with E-state index in [4.69, 9.17) is 4.74 Å². The third kappa shape index (κ3) is 3.71. The Morgan fingerprint density at radius 2 is 2.24 bits per heavy atom. The van der Waals surface area contributed by atoms with E-state index in [0.29, 0.717) is 13.0 Å². The van der Waals surface area contributed by atoms with Gasteiger partial charge in [0.05, 0.1) is 6.04 Å². The number of aromatic amines is 1. The molecule has 2 amide bonds. The number of aryl methyl sites for hydroxylation is 1. The van der Waals surface area contributed by atoms with E-state index in [2.05, 4.69) is 15.3 Å². The normalized spacial score (nSPS) is 20.6. The van der Waals surface area contributed by atoms with Crippen molar-refractivity contribution in [3.8, 4) is 0 Å². The number of benzene rings is 1. The monoisotopic (exact) mass is 342 g/mol. The van der Waals surface area contributed by atoms with Crippen molar-refractivity contribution in [3.05, 3.63) is 53.6 Å². The molecule has 0 radical (unpaired) electrons. The van der Waals surface area contributed by atoms with Crippen molar-refractivity contribution >= 4 is 11.8 Å². The highest BCUT2D eigenvalue weighted by molar-refractivity contribution is 5.86. The van der Waals surface area contributed by atoms with E-state index in [-0.39, 0.29) is 18.4 Å². The summed E-state index contributed by atoms with van der Waals surface area (Å²) in [5.41, 5.74) is 1.94. The van der Waals surface area contributed by atoms with Crippen molar-refractivity contribution in [3.63, 3.8) is 0 Å². The molecular weight excluding hydrogens is 320 g/mol. The molecule has 132 valence electrons. The first kappa shape index (κ1) is 17.2. The fraction of sp³-hybridized carbons (Fsp3) is 0.389. The molecule has 3 rings (SSSR count). The number of morpholine rings is 1. The standard InChI is InChI=1S/C18H22N4O3/c1-12-5-3-4-6-13(12)16-17(25-11-15(23)22(16)2)18(24)21-8-7-14-19-9-10-20-14/h3-6,9-10,16-17H,7-8,11H2,1-2H3,(H,19,20)(H,21,24)/t16-,17+/m1/s1. The smallest absolute Gasteiger partial charge is 0.251 e. The summed E-state index contributed by atoms with van der Waals surface area (Å²) in [7, 11) is 1.71. The maximum Gasteiger partial charge on any atom is 0.251 e. The zero-order valence-electron chi connectivity index (χ0n) is 14.4. The molecule has 0 spiro atoms. The van der Waals surface area contributed by atoms with Gasteiger partial charge in [0.15, 0.2) is 6.10 Å². The van der Waals surface area contributed by atoms with E-state index in [9.17, 15) is 9.59 Å². The lowest BCUT2D eigenvalue weighted by molar-refractivity contribution is -0.162. The number of amides is 2. The summed E-state index contributed by atoms with van der Waals surface area (Å²) in [4.78, 5) is 33.5. The Hall–Kier alpha value is -2.67. The van der Waals surface area contributed by atoms with Gasteiger partial charge in [-0.1, -0.05) is 24.3 Å². The zero-order chi connectivity index (χ0) is 17.8. The van der Waals surface area contributed by atoms with Crippen molar-refractivity contribution in [2.45, 2.75) is 25.5 Å². The molecule has 0 aliphatic carbocycles. The second-order valence-corrected chi connectivity index (χ2v) is 6.11. The highest BCUT2D eigenvalue weighted by Gasteiger charge is 2.40. The van der Waals surface area contributed by atoms with Gasteiger partial charge < -0.3 is 19.9 Å². The molecule has 0 bridgehead atoms. The minimum absolute atomic E-state index is 0.0881. The Labute approximate surface area is 146 Å². The lowest BCUT2D eigenvalue weighted by atomic mass is 9.94. The largest absolute Gasteiger partial charge is 0.356 e. The number of aromatic nitrogens is 2. The number of rotatable bonds is 5. The maximum absolute atomic E-state index is 12.7. The Kier molecular flexibility index (Phi) is 5.14. The van der Waals surface area contributed by atoms with Gasteiger partial charge in [0.25, 0.3) is 5.91 Å². The van der Waals surface area contributed by atoms with Crippen LogP contribution in [0.1, 0.15) is 23.0 Å². The third-order valence-electron chi connectivity index (χ3n) is 4.47. The zero-order valence-corrected chi connectivity index (χ0v) is 14.4. The summed E-state index contributed by atoms with van der Waals surface area (Å²) in [6.45, 7) is 2.33. The van der Waals surface area contributed by atoms with Crippen molar-refractivity contribution in [2.24, 2.45) is 0 Å². The molecule has 0 saturated carbocycles. The molecule has 0 unspecified atom stereocenters. The summed E-state index contributed by atoms with van der Waals surface area (Å²) in [5, 5.41) is 2.88. The molecule has 25 heavy (non-hydrogen) atoms. The van der Waals surface area contributed by atoms with Gasteiger partial charge in [0.2, 0.25) is 5.91 Å². The lowest BCUT2D eigenvalue weighted by Crippen LogP contribution is -2.53. The molecule has 2 atom stereocenters. The number of carbonyl (C=O) groups is 2. The topological polar surface area (TPSA) is 87.3 Å². The van der Waals surface area contributed by atoms with Crippen LogP contribution in [0.3, 0.4) is 0 Å². The molecule has 1 aliphatic heterocycles. The van der Waals surface area contributed by atoms with Crippen LogP contribution in [0.5, 0.6) is 0 Å². The van der Waals surface area contributed by atoms with Crippen molar-refractivity contribution < 1.29 is 14.3 Å². The van der Waals surface area contributed by atoms with E-state index in [1.165, 1.54) is 0 Å². The first-order valence-corrected chi connectivity index (χ1v) is 8.26. The number of imidazole rings is 1. The number of H-pyrrole nitrogens is 1. The van der Waals surface area contributed by atoms with Crippen LogP contribution in [0, 0.1) is 6.92 Å². The van der Waals surface area contributed by atoms with E-state index in [1.54, 1.807) is 24.3 Å². The molecule has 2 aromatic rings. The van der Waals surface area contributed by atoms with Crippen molar-refractivity contribution in [2.75, 3.05) is 20.2 Å². The summed E-state index contributed by atoms with van der Waals surface area (Å²) >= 11 is 0. The highest BCUT2D eigenvalue weighted by Crippen LogP contribution is 2.31. The van der Waals surface area contributed by atoms with E-state index in [0.717, 1.165) is 17.0 Å². The van der Waals surface area contributed by atoms with Crippen LogP contribution in [0.2, 0.25) is 0 Å². The quantitative estimate of drug-likeness (QED) is 0.848. The van der Waals surface area contributed by atoms with Crippen LogP contribution >= 0.6 is 0 Å². The van der Waals surface area contributed by atoms with Gasteiger partial charge in [-0.15, -0.1) is 0 Å². The van der Waals surface area contributed by atoms with Crippen LogP contribution < -0.4 is 5.32 Å². The molecule has 2 N–H and O–H groups in total. The molecule has 2 heterocycles. The maximum atomic E-state index is 12.7. The van der Waals surface area contributed by atoms with Crippen molar-refractivity contribution in [1.82, 2.24) is 20.2 Å². The fourth-order valence-electron chi connectivity index (χ4n) is 3.06. The van der Waals surface area contributed by atoms with E-state index < -0.39 is 12.1 Å². The molecule has 7 heteroatoms. The number of hydrogen-bond donors (Lipinski definition) is 2. The van der Waals surface area contributed by atoms with Gasteiger partial charge in [-0.2, -0.15) is 0 Å². The number of nitrogens with one attached hydrogen (secondary N) is 2. The Bertz CT molecular complexity index is 745. The second kappa shape index (κ2) is 7.48. The first-order chi connectivity index (χ1) is 12.1. The predicted octanol–water partition coefficient (Wildman–Crippen LogP) is 0.975. The van der Waals surface area contributed by atoms with Gasteiger partial charge in [-0.05, 0) is 18.1 Å². The first-order valence-electron chi connectivity index (χ1n) is 8.26. The average Bonchev–Trinajstić information content (AvgIpc) is 3.11. The highest BCUT2D eigenvalue weighted by atomic mass is 16.5. The van der Waals surface area contributed by atoms with Gasteiger partial charge >= 0.3 is 0 Å². The summed E-state index contributed by atoms with van der Waals surface area (Å²) in [6, 6.07) is 7.30. The van der Waals surface area contributed by atoms with Crippen LogP contribution in [0.4, 0.5) is 0 Å². The SMILES string of the molecule is Cc1ccccc1[C@@H]1[C@@H](C(=O)NCCc2ncc[nH]2)OCC(=O)N1C. The molecule has 1 aromatic heterocycles. The minimum atomic E-state index is -0.736. The molecule has 1 saturated heterocycles. The molecular formula is C18H22N4O3. The van der Waals surface area contributed by atoms with Gasteiger partial charge in [0, 0.05) is 32.4 Å². The summed E-state index contributed by atoms with van der Waals surface area (Å²) < 4.78 is 5.61. The third-order valence-corrected chi connectivity index (χ3v) is 4.47. The fourth-order valence-corrected chi connectivity index (χ4v) is 3.06. The van der Waals surface area contributed by atoms with E-state index in [1.807, 2.05) is 31.2 Å². The predicted molar refractivity (Wildman–Crippen MR) is 91.7 cm³/mol. The van der Waals surface area contributed by atoms with Crippen molar-refractivity contribution in [1.29, 1.82) is 0 Å². The number of nitrogens with zero attached hydrogens (tertiary/aromatic N) is 2. The van der Waals surface area contributed by atoms with Crippen LogP contribution in [0.25, 0.3) is 0 Å². The minimum Gasteiger partial charge on any atom is -0.356 e. The molecule has 1 aromatic carbocycles. The Morgan fingerprint density at radius 3 is 2.96 bits per heavy atom. The van der Waals surface area contributed by atoms with Gasteiger partial charge in [0.1, 0.15) is 12.4 Å². The number of ether oxygens (including phenoxy) is 1. The summed E-state index contributed by atoms with van der Waals surface area (Å²) in [5.74, 6) is 0.458. The van der Waals surface area contributed by atoms with E-state index >= 15 is 0 Å². The average molecular weight is 342 g/mol. The van der Waals surface area contributed by atoms with Crippen LogP contribution in [0.15, 0.2) is 36.7 Å². The number of carbonyl (C=O) groups excluding carboxylic acids is 2. The second-order valence-electron chi connectivity index (χ2n) is 6.11. The lowest BCUT2D eigenvalue weighted by Gasteiger charge is -2.38.